The van der Waals surface area contributed by atoms with E-state index >= 15 is 0 Å². The molecule has 2 aliphatic rings. The van der Waals surface area contributed by atoms with Gasteiger partial charge in [-0.1, -0.05) is 103 Å². The minimum atomic E-state index is 0.946. The molecule has 0 unspecified atom stereocenters. The zero-order valence-corrected chi connectivity index (χ0v) is 29.3. The molecule has 8 bridgehead atoms. The average Bonchev–Trinajstić information content (AvgIpc) is 3.94. The van der Waals surface area contributed by atoms with Crippen molar-refractivity contribution in [2.75, 3.05) is 0 Å². The molecule has 3 aromatic carbocycles. The van der Waals surface area contributed by atoms with Gasteiger partial charge in [-0.15, -0.1) is 11.3 Å². The van der Waals surface area contributed by atoms with E-state index in [1.807, 2.05) is 11.3 Å². The van der Waals surface area contributed by atoms with E-state index in [0.29, 0.717) is 0 Å². The van der Waals surface area contributed by atoms with Crippen LogP contribution in [0.25, 0.3) is 78.1 Å². The average molecular weight is 654 g/mol. The highest BCUT2D eigenvalue weighted by molar-refractivity contribution is 7.24. The van der Waals surface area contributed by atoms with Crippen LogP contribution < -0.4 is 0 Å². The minimum Gasteiger partial charge on any atom is -0.354 e. The van der Waals surface area contributed by atoms with Crippen molar-refractivity contribution in [3.63, 3.8) is 0 Å². The molecule has 0 radical (unpaired) electrons. The topological polar surface area (TPSA) is 41.6 Å². The number of hydrogen-bond acceptors (Lipinski definition) is 3. The predicted octanol–water partition coefficient (Wildman–Crippen LogP) is 12.7. The molecule has 8 rings (SSSR count). The van der Waals surface area contributed by atoms with Gasteiger partial charge in [0.05, 0.1) is 22.8 Å². The number of thiophene rings is 1. The fourth-order valence-electron chi connectivity index (χ4n) is 6.82. The highest BCUT2D eigenvalue weighted by Crippen LogP contribution is 2.39. The van der Waals surface area contributed by atoms with Crippen molar-refractivity contribution in [3.05, 3.63) is 142 Å². The zero-order valence-electron chi connectivity index (χ0n) is 28.5. The minimum absolute atomic E-state index is 0.946. The van der Waals surface area contributed by atoms with E-state index in [0.717, 1.165) is 80.9 Å². The normalized spacial score (nSPS) is 12.2. The number of aromatic amines is 1. The van der Waals surface area contributed by atoms with Crippen molar-refractivity contribution in [2.24, 2.45) is 0 Å². The lowest BCUT2D eigenvalue weighted by molar-refractivity contribution is 0.796. The SMILES string of the molecule is CCCCc1c2nc(c(-c3ccc(C)cc3)c3ccc([nH]3)c(-c3ccc(C)cc3)c3nc(c(-c4ccc(C)cc4)c4ccc1s4)C=C3)C=C2. The number of aromatic nitrogens is 3. The summed E-state index contributed by atoms with van der Waals surface area (Å²) in [5, 5.41) is 0. The first kappa shape index (κ1) is 31.0. The van der Waals surface area contributed by atoms with E-state index in [2.05, 4.69) is 154 Å². The first-order valence-electron chi connectivity index (χ1n) is 17.2. The second-order valence-corrected chi connectivity index (χ2v) is 14.3. The lowest BCUT2D eigenvalue weighted by atomic mass is 10.0. The quantitative estimate of drug-likeness (QED) is 0.194. The van der Waals surface area contributed by atoms with E-state index in [1.165, 1.54) is 37.2 Å². The Morgan fingerprint density at radius 3 is 1.43 bits per heavy atom. The fourth-order valence-corrected chi connectivity index (χ4v) is 7.99. The number of aryl methyl sites for hydroxylation is 4. The molecule has 6 aromatic rings. The van der Waals surface area contributed by atoms with Crippen molar-refractivity contribution in [1.82, 2.24) is 15.0 Å². The third kappa shape index (κ3) is 5.98. The molecule has 5 heterocycles. The maximum absolute atomic E-state index is 5.42. The second kappa shape index (κ2) is 12.9. The predicted molar refractivity (Wildman–Crippen MR) is 212 cm³/mol. The molecular weight excluding hydrogens is 615 g/mol. The van der Waals surface area contributed by atoms with Crippen LogP contribution in [0.2, 0.25) is 0 Å². The van der Waals surface area contributed by atoms with Crippen molar-refractivity contribution >= 4 is 56.1 Å². The molecule has 2 aliphatic heterocycles. The molecule has 1 N–H and O–H groups in total. The maximum Gasteiger partial charge on any atom is 0.0737 e. The van der Waals surface area contributed by atoms with E-state index < -0.39 is 0 Å². The van der Waals surface area contributed by atoms with Crippen LogP contribution in [-0.4, -0.2) is 15.0 Å². The molecule has 0 aliphatic carbocycles. The Kier molecular flexibility index (Phi) is 8.18. The smallest absolute Gasteiger partial charge is 0.0737 e. The zero-order chi connectivity index (χ0) is 33.5. The summed E-state index contributed by atoms with van der Waals surface area (Å²) in [5.74, 6) is 0. The summed E-state index contributed by atoms with van der Waals surface area (Å²) < 4.78 is 2.48. The van der Waals surface area contributed by atoms with Crippen LogP contribution in [0.15, 0.2) is 97.1 Å². The summed E-state index contributed by atoms with van der Waals surface area (Å²) in [6.45, 7) is 8.66. The van der Waals surface area contributed by atoms with E-state index in [9.17, 15) is 0 Å². The molecule has 0 fully saturated rings. The van der Waals surface area contributed by atoms with Gasteiger partial charge in [-0.3, -0.25) is 0 Å². The maximum atomic E-state index is 5.42. The van der Waals surface area contributed by atoms with Gasteiger partial charge in [0.1, 0.15) is 0 Å². The molecule has 3 aromatic heterocycles. The molecule has 49 heavy (non-hydrogen) atoms. The lowest BCUT2D eigenvalue weighted by Crippen LogP contribution is -1.91. The van der Waals surface area contributed by atoms with Crippen LogP contribution >= 0.6 is 11.3 Å². The second-order valence-electron chi connectivity index (χ2n) is 13.2. The van der Waals surface area contributed by atoms with Gasteiger partial charge < -0.3 is 4.98 Å². The van der Waals surface area contributed by atoms with Crippen molar-refractivity contribution in [2.45, 2.75) is 47.0 Å². The van der Waals surface area contributed by atoms with Gasteiger partial charge >= 0.3 is 0 Å². The summed E-state index contributed by atoms with van der Waals surface area (Å²) in [4.78, 5) is 14.7. The van der Waals surface area contributed by atoms with Crippen molar-refractivity contribution in [1.29, 1.82) is 0 Å². The molecule has 0 saturated heterocycles. The molecule has 3 nitrogen and oxygen atoms in total. The van der Waals surface area contributed by atoms with Gasteiger partial charge in [0.15, 0.2) is 0 Å². The number of H-pyrrole nitrogens is 1. The summed E-state index contributed by atoms with van der Waals surface area (Å²) in [5.41, 5.74) is 17.8. The molecule has 4 heteroatoms. The molecule has 0 amide bonds. The number of rotatable bonds is 6. The van der Waals surface area contributed by atoms with Crippen LogP contribution in [0, 0.1) is 20.8 Å². The summed E-state index contributed by atoms with van der Waals surface area (Å²) >= 11 is 1.85. The Morgan fingerprint density at radius 2 is 0.918 bits per heavy atom. The first-order valence-corrected chi connectivity index (χ1v) is 18.0. The Hall–Kier alpha value is -5.32. The van der Waals surface area contributed by atoms with Crippen molar-refractivity contribution < 1.29 is 0 Å². The van der Waals surface area contributed by atoms with Gasteiger partial charge in [0, 0.05) is 37.1 Å². The van der Waals surface area contributed by atoms with Crippen LogP contribution in [0.1, 0.15) is 64.8 Å². The third-order valence-electron chi connectivity index (χ3n) is 9.53. The Morgan fingerprint density at radius 1 is 0.490 bits per heavy atom. The Balaban J connectivity index is 1.54. The summed E-state index contributed by atoms with van der Waals surface area (Å²) in [7, 11) is 0. The summed E-state index contributed by atoms with van der Waals surface area (Å²) in [6.07, 6.45) is 12.0. The molecule has 0 spiro atoms. The largest absolute Gasteiger partial charge is 0.354 e. The Labute approximate surface area is 292 Å². The monoisotopic (exact) mass is 653 g/mol. The number of benzene rings is 3. The number of hydrogen-bond donors (Lipinski definition) is 1. The third-order valence-corrected chi connectivity index (χ3v) is 10.7. The van der Waals surface area contributed by atoms with E-state index in [1.54, 1.807) is 0 Å². The molecule has 0 atom stereocenters. The highest BCUT2D eigenvalue weighted by Gasteiger charge is 2.18. The molecule has 0 saturated carbocycles. The lowest BCUT2D eigenvalue weighted by Gasteiger charge is -2.07. The van der Waals surface area contributed by atoms with Crippen LogP contribution in [0.3, 0.4) is 0 Å². The van der Waals surface area contributed by atoms with E-state index in [-0.39, 0.29) is 0 Å². The Bertz CT molecular complexity index is 2380. The number of nitrogens with one attached hydrogen (secondary N) is 1. The standard InChI is InChI=1S/C45H39N3S/c1-5-6-7-34-35-20-21-36(46-35)43(31-14-8-28(2)9-15-31)37-22-23-38(47-37)44(32-16-10-29(3)11-17-32)39-24-25-40(48-39)45(42-27-26-41(34)49-42)33-18-12-30(4)13-19-33/h8-27,47H,5-7H2,1-4H3. The van der Waals surface area contributed by atoms with Gasteiger partial charge in [-0.2, -0.15) is 0 Å². The van der Waals surface area contributed by atoms with Crippen molar-refractivity contribution in [3.8, 4) is 33.4 Å². The van der Waals surface area contributed by atoms with Gasteiger partial charge in [0.25, 0.3) is 0 Å². The molecular formula is C45H39N3S. The fraction of sp³-hybridized carbons (Fsp3) is 0.156. The van der Waals surface area contributed by atoms with E-state index in [4.69, 9.17) is 9.97 Å². The van der Waals surface area contributed by atoms with Gasteiger partial charge in [0.2, 0.25) is 0 Å². The van der Waals surface area contributed by atoms with Gasteiger partial charge in [-0.05, 0) is 104 Å². The first-order chi connectivity index (χ1) is 23.9. The van der Waals surface area contributed by atoms with Crippen LogP contribution in [-0.2, 0) is 6.42 Å². The number of unbranched alkanes of at least 4 members (excludes halogenated alkanes) is 1. The number of fused-ring (bicyclic) bond motifs is 8. The van der Waals surface area contributed by atoms with Gasteiger partial charge in [-0.25, -0.2) is 9.97 Å². The highest BCUT2D eigenvalue weighted by atomic mass is 32.1. The number of nitrogens with zero attached hydrogens (tertiary/aromatic N) is 2. The summed E-state index contributed by atoms with van der Waals surface area (Å²) in [6, 6.07) is 35.4. The van der Waals surface area contributed by atoms with Crippen LogP contribution in [0.4, 0.5) is 0 Å². The van der Waals surface area contributed by atoms with Crippen LogP contribution in [0.5, 0.6) is 0 Å². The molecule has 240 valence electrons.